The standard InChI is InChI=1S/C17H19FO/c1-10-5-6-14(9-16(10)18)17(19)15-8-12(3)11(2)7-13(15)4/h5-9,17,19H,1-4H3. The van der Waals surface area contributed by atoms with Crippen LogP contribution in [0.1, 0.15) is 39.5 Å². The Morgan fingerprint density at radius 1 is 0.842 bits per heavy atom. The third kappa shape index (κ3) is 2.69. The van der Waals surface area contributed by atoms with Crippen molar-refractivity contribution in [1.29, 1.82) is 0 Å². The maximum Gasteiger partial charge on any atom is 0.126 e. The summed E-state index contributed by atoms with van der Waals surface area (Å²) in [5.74, 6) is -0.280. The highest BCUT2D eigenvalue weighted by molar-refractivity contribution is 5.41. The second kappa shape index (κ2) is 5.14. The van der Waals surface area contributed by atoms with Crippen molar-refractivity contribution in [2.75, 3.05) is 0 Å². The lowest BCUT2D eigenvalue weighted by Crippen LogP contribution is -2.04. The molecule has 2 heteroatoms. The summed E-state index contributed by atoms with van der Waals surface area (Å²) in [5.41, 5.74) is 5.38. The molecule has 1 atom stereocenters. The van der Waals surface area contributed by atoms with Crippen LogP contribution in [0.3, 0.4) is 0 Å². The molecule has 1 nitrogen and oxygen atoms in total. The van der Waals surface area contributed by atoms with Gasteiger partial charge < -0.3 is 5.11 Å². The number of aliphatic hydroxyl groups excluding tert-OH is 1. The number of aryl methyl sites for hydroxylation is 4. The molecule has 19 heavy (non-hydrogen) atoms. The van der Waals surface area contributed by atoms with Crippen molar-refractivity contribution in [2.45, 2.75) is 33.8 Å². The summed E-state index contributed by atoms with van der Waals surface area (Å²) in [4.78, 5) is 0. The van der Waals surface area contributed by atoms with E-state index >= 15 is 0 Å². The van der Waals surface area contributed by atoms with Gasteiger partial charge in [-0.05, 0) is 67.1 Å². The van der Waals surface area contributed by atoms with E-state index in [1.54, 1.807) is 19.1 Å². The number of rotatable bonds is 2. The van der Waals surface area contributed by atoms with Crippen LogP contribution in [-0.2, 0) is 0 Å². The number of halogens is 1. The zero-order valence-corrected chi connectivity index (χ0v) is 11.8. The summed E-state index contributed by atoms with van der Waals surface area (Å²) in [6.45, 7) is 7.74. The maximum absolute atomic E-state index is 13.6. The van der Waals surface area contributed by atoms with Crippen molar-refractivity contribution in [2.24, 2.45) is 0 Å². The normalized spacial score (nSPS) is 12.5. The average Bonchev–Trinajstić information content (AvgIpc) is 2.36. The van der Waals surface area contributed by atoms with Crippen LogP contribution in [-0.4, -0.2) is 5.11 Å². The molecule has 1 N–H and O–H groups in total. The van der Waals surface area contributed by atoms with Gasteiger partial charge in [0.2, 0.25) is 0 Å². The van der Waals surface area contributed by atoms with E-state index in [-0.39, 0.29) is 5.82 Å². The molecular weight excluding hydrogens is 239 g/mol. The van der Waals surface area contributed by atoms with E-state index in [2.05, 4.69) is 6.07 Å². The summed E-state index contributed by atoms with van der Waals surface area (Å²) >= 11 is 0. The van der Waals surface area contributed by atoms with E-state index in [9.17, 15) is 9.50 Å². The predicted molar refractivity (Wildman–Crippen MR) is 75.9 cm³/mol. The summed E-state index contributed by atoms with van der Waals surface area (Å²) in [5, 5.41) is 10.4. The van der Waals surface area contributed by atoms with Gasteiger partial charge in [-0.2, -0.15) is 0 Å². The van der Waals surface area contributed by atoms with Gasteiger partial charge in [-0.1, -0.05) is 24.3 Å². The van der Waals surface area contributed by atoms with Crippen LogP contribution in [0.15, 0.2) is 30.3 Å². The lowest BCUT2D eigenvalue weighted by Gasteiger charge is -2.17. The van der Waals surface area contributed by atoms with E-state index in [0.717, 1.165) is 16.7 Å². The molecule has 2 aromatic carbocycles. The van der Waals surface area contributed by atoms with Crippen LogP contribution in [0.25, 0.3) is 0 Å². The van der Waals surface area contributed by atoms with Gasteiger partial charge in [0.1, 0.15) is 11.9 Å². The highest BCUT2D eigenvalue weighted by Crippen LogP contribution is 2.28. The number of benzene rings is 2. The largest absolute Gasteiger partial charge is 0.384 e. The Bertz CT molecular complexity index is 617. The molecule has 0 fully saturated rings. The molecule has 0 saturated carbocycles. The molecule has 100 valence electrons. The molecule has 0 aliphatic carbocycles. The van der Waals surface area contributed by atoms with Crippen LogP contribution in [0.4, 0.5) is 4.39 Å². The third-order valence-electron chi connectivity index (χ3n) is 3.69. The number of hydrogen-bond donors (Lipinski definition) is 1. The minimum atomic E-state index is -0.783. The zero-order valence-electron chi connectivity index (χ0n) is 11.8. The first kappa shape index (κ1) is 13.8. The highest BCUT2D eigenvalue weighted by Gasteiger charge is 2.15. The van der Waals surface area contributed by atoms with Gasteiger partial charge in [0, 0.05) is 0 Å². The molecule has 0 amide bonds. The Labute approximate surface area is 113 Å². The van der Waals surface area contributed by atoms with Crippen molar-refractivity contribution in [3.63, 3.8) is 0 Å². The average molecular weight is 258 g/mol. The summed E-state index contributed by atoms with van der Waals surface area (Å²) in [6, 6.07) is 8.92. The smallest absolute Gasteiger partial charge is 0.126 e. The molecular formula is C17H19FO. The quantitative estimate of drug-likeness (QED) is 0.858. The lowest BCUT2D eigenvalue weighted by molar-refractivity contribution is 0.219. The Balaban J connectivity index is 2.46. The SMILES string of the molecule is Cc1cc(C)c(C(O)c2ccc(C)c(F)c2)cc1C. The van der Waals surface area contributed by atoms with Crippen molar-refractivity contribution >= 4 is 0 Å². The van der Waals surface area contributed by atoms with E-state index < -0.39 is 6.10 Å². The van der Waals surface area contributed by atoms with Crippen LogP contribution >= 0.6 is 0 Å². The fraction of sp³-hybridized carbons (Fsp3) is 0.294. The molecule has 2 rings (SSSR count). The van der Waals surface area contributed by atoms with Gasteiger partial charge in [-0.15, -0.1) is 0 Å². The summed E-state index contributed by atoms with van der Waals surface area (Å²) < 4.78 is 13.6. The van der Waals surface area contributed by atoms with E-state index in [0.29, 0.717) is 11.1 Å². The third-order valence-corrected chi connectivity index (χ3v) is 3.69. The Morgan fingerprint density at radius 3 is 2.11 bits per heavy atom. The first-order valence-corrected chi connectivity index (χ1v) is 6.42. The fourth-order valence-electron chi connectivity index (χ4n) is 2.24. The maximum atomic E-state index is 13.6. The first-order valence-electron chi connectivity index (χ1n) is 6.42. The van der Waals surface area contributed by atoms with Gasteiger partial charge in [-0.25, -0.2) is 4.39 Å². The van der Waals surface area contributed by atoms with Crippen molar-refractivity contribution < 1.29 is 9.50 Å². The first-order chi connectivity index (χ1) is 8.90. The van der Waals surface area contributed by atoms with Gasteiger partial charge in [0.05, 0.1) is 0 Å². The molecule has 2 aromatic rings. The summed E-state index contributed by atoms with van der Waals surface area (Å²) in [6.07, 6.45) is -0.783. The van der Waals surface area contributed by atoms with E-state index in [1.165, 1.54) is 11.6 Å². The minimum absolute atomic E-state index is 0.280. The molecule has 0 aromatic heterocycles. The Kier molecular flexibility index (Phi) is 3.72. The molecule has 0 bridgehead atoms. The molecule has 0 saturated heterocycles. The number of hydrogen-bond acceptors (Lipinski definition) is 1. The van der Waals surface area contributed by atoms with Crippen molar-refractivity contribution in [3.05, 3.63) is 69.5 Å². The zero-order chi connectivity index (χ0) is 14.2. The Hall–Kier alpha value is -1.67. The monoisotopic (exact) mass is 258 g/mol. The van der Waals surface area contributed by atoms with Crippen LogP contribution in [0, 0.1) is 33.5 Å². The molecule has 0 heterocycles. The molecule has 0 aliphatic heterocycles. The van der Waals surface area contributed by atoms with Gasteiger partial charge in [-0.3, -0.25) is 0 Å². The van der Waals surface area contributed by atoms with Crippen LogP contribution in [0.5, 0.6) is 0 Å². The second-order valence-corrected chi connectivity index (χ2v) is 5.20. The van der Waals surface area contributed by atoms with Crippen LogP contribution in [0.2, 0.25) is 0 Å². The predicted octanol–water partition coefficient (Wildman–Crippen LogP) is 4.14. The van der Waals surface area contributed by atoms with Gasteiger partial charge >= 0.3 is 0 Å². The molecule has 0 spiro atoms. The van der Waals surface area contributed by atoms with E-state index in [1.807, 2.05) is 26.8 Å². The van der Waals surface area contributed by atoms with E-state index in [4.69, 9.17) is 0 Å². The van der Waals surface area contributed by atoms with Gasteiger partial charge in [0.15, 0.2) is 0 Å². The molecule has 1 unspecified atom stereocenters. The van der Waals surface area contributed by atoms with Crippen molar-refractivity contribution in [3.8, 4) is 0 Å². The Morgan fingerprint density at radius 2 is 1.47 bits per heavy atom. The molecule has 0 radical (unpaired) electrons. The fourth-order valence-corrected chi connectivity index (χ4v) is 2.24. The van der Waals surface area contributed by atoms with Crippen LogP contribution < -0.4 is 0 Å². The molecule has 0 aliphatic rings. The van der Waals surface area contributed by atoms with Crippen molar-refractivity contribution in [1.82, 2.24) is 0 Å². The second-order valence-electron chi connectivity index (χ2n) is 5.20. The minimum Gasteiger partial charge on any atom is -0.384 e. The van der Waals surface area contributed by atoms with Gasteiger partial charge in [0.25, 0.3) is 0 Å². The topological polar surface area (TPSA) is 20.2 Å². The highest BCUT2D eigenvalue weighted by atomic mass is 19.1. The summed E-state index contributed by atoms with van der Waals surface area (Å²) in [7, 11) is 0. The number of aliphatic hydroxyl groups is 1. The lowest BCUT2D eigenvalue weighted by atomic mass is 9.93.